The lowest BCUT2D eigenvalue weighted by molar-refractivity contribution is 0.0932. The summed E-state index contributed by atoms with van der Waals surface area (Å²) in [6, 6.07) is 19.9. The Morgan fingerprint density at radius 2 is 1.82 bits per heavy atom. The van der Waals surface area contributed by atoms with Crippen molar-refractivity contribution in [2.45, 2.75) is 19.6 Å². The summed E-state index contributed by atoms with van der Waals surface area (Å²) in [5.41, 5.74) is 2.03. The quantitative estimate of drug-likeness (QED) is 0.411. The molecule has 8 heteroatoms. The van der Waals surface area contributed by atoms with E-state index in [1.165, 1.54) is 19.2 Å². The summed E-state index contributed by atoms with van der Waals surface area (Å²) in [5, 5.41) is 6.73. The van der Waals surface area contributed by atoms with E-state index < -0.39 is 6.04 Å². The van der Waals surface area contributed by atoms with Crippen LogP contribution in [0, 0.1) is 5.82 Å². The van der Waals surface area contributed by atoms with E-state index in [1.54, 1.807) is 37.3 Å². The van der Waals surface area contributed by atoms with Gasteiger partial charge in [0.25, 0.3) is 5.91 Å². The molecule has 0 spiro atoms. The topological polar surface area (TPSA) is 86.5 Å². The zero-order valence-corrected chi connectivity index (χ0v) is 18.1. The van der Waals surface area contributed by atoms with Gasteiger partial charge in [-0.3, -0.25) is 4.79 Å². The fraction of sp³-hybridized carbons (Fsp3) is 0.160. The highest BCUT2D eigenvalue weighted by molar-refractivity contribution is 5.95. The minimum atomic E-state index is -0.542. The first kappa shape index (κ1) is 22.0. The second-order valence-electron chi connectivity index (χ2n) is 7.30. The lowest BCUT2D eigenvalue weighted by Gasteiger charge is -2.13. The molecule has 0 aliphatic carbocycles. The molecule has 0 radical (unpaired) electrons. The van der Waals surface area contributed by atoms with Crippen LogP contribution in [0.2, 0.25) is 0 Å². The molecule has 3 aromatic carbocycles. The number of amides is 1. The number of nitrogens with one attached hydrogen (secondary N) is 1. The Bertz CT molecular complexity index is 1230. The summed E-state index contributed by atoms with van der Waals surface area (Å²) >= 11 is 0. The van der Waals surface area contributed by atoms with Crippen molar-refractivity contribution in [2.24, 2.45) is 0 Å². The molecule has 1 atom stereocenters. The molecule has 33 heavy (non-hydrogen) atoms. The van der Waals surface area contributed by atoms with Crippen molar-refractivity contribution < 1.29 is 23.2 Å². The molecule has 0 bridgehead atoms. The summed E-state index contributed by atoms with van der Waals surface area (Å²) in [6.45, 7) is 2.11. The van der Waals surface area contributed by atoms with Crippen molar-refractivity contribution in [1.82, 2.24) is 15.5 Å². The summed E-state index contributed by atoms with van der Waals surface area (Å²) < 4.78 is 29.6. The monoisotopic (exact) mass is 447 g/mol. The van der Waals surface area contributed by atoms with Crippen LogP contribution >= 0.6 is 0 Å². The first-order valence-corrected chi connectivity index (χ1v) is 10.3. The van der Waals surface area contributed by atoms with Gasteiger partial charge in [0.1, 0.15) is 18.5 Å². The molecule has 1 heterocycles. The van der Waals surface area contributed by atoms with E-state index >= 15 is 0 Å². The van der Waals surface area contributed by atoms with Gasteiger partial charge >= 0.3 is 0 Å². The number of aromatic nitrogens is 2. The van der Waals surface area contributed by atoms with Crippen molar-refractivity contribution in [3.05, 3.63) is 95.6 Å². The fourth-order valence-corrected chi connectivity index (χ4v) is 3.13. The molecule has 7 nitrogen and oxygen atoms in total. The number of nitrogens with zero attached hydrogens (tertiary/aromatic N) is 2. The zero-order chi connectivity index (χ0) is 23.2. The number of hydrogen-bond donors (Lipinski definition) is 1. The maximum Gasteiger partial charge on any atom is 0.252 e. The molecule has 0 saturated carbocycles. The van der Waals surface area contributed by atoms with E-state index in [2.05, 4.69) is 15.5 Å². The molecule has 0 fully saturated rings. The summed E-state index contributed by atoms with van der Waals surface area (Å²) in [4.78, 5) is 17.1. The number of carbonyl (C=O) groups is 1. The number of benzene rings is 3. The molecule has 168 valence electrons. The van der Waals surface area contributed by atoms with Crippen LogP contribution in [0.25, 0.3) is 11.4 Å². The summed E-state index contributed by atoms with van der Waals surface area (Å²) in [7, 11) is 1.52. The molecular weight excluding hydrogens is 425 g/mol. The van der Waals surface area contributed by atoms with E-state index in [0.29, 0.717) is 35.1 Å². The van der Waals surface area contributed by atoms with Gasteiger partial charge in [-0.05, 0) is 55.0 Å². The molecule has 1 unspecified atom stereocenters. The molecule has 4 rings (SSSR count). The Kier molecular flexibility index (Phi) is 6.64. The molecule has 1 amide bonds. The molecule has 1 N–H and O–H groups in total. The predicted molar refractivity (Wildman–Crippen MR) is 119 cm³/mol. The van der Waals surface area contributed by atoms with E-state index in [9.17, 15) is 9.18 Å². The normalized spacial score (nSPS) is 11.6. The summed E-state index contributed by atoms with van der Waals surface area (Å²) in [5.74, 6) is 0.839. The minimum absolute atomic E-state index is 0.234. The van der Waals surface area contributed by atoms with Gasteiger partial charge in [0, 0.05) is 11.1 Å². The second kappa shape index (κ2) is 9.95. The van der Waals surface area contributed by atoms with E-state index in [1.807, 2.05) is 30.3 Å². The predicted octanol–water partition coefficient (Wildman–Crippen LogP) is 4.95. The molecular formula is C25H22FN3O4. The van der Waals surface area contributed by atoms with Gasteiger partial charge in [-0.1, -0.05) is 35.5 Å². The van der Waals surface area contributed by atoms with Gasteiger partial charge in [0.2, 0.25) is 11.7 Å². The second-order valence-corrected chi connectivity index (χ2v) is 7.30. The first-order chi connectivity index (χ1) is 16.0. The van der Waals surface area contributed by atoms with Crippen molar-refractivity contribution in [3.63, 3.8) is 0 Å². The maximum absolute atomic E-state index is 13.1. The number of methoxy groups -OCH3 is 1. The molecule has 1 aromatic heterocycles. The van der Waals surface area contributed by atoms with Crippen molar-refractivity contribution in [1.29, 1.82) is 0 Å². The molecule has 0 aliphatic heterocycles. The van der Waals surface area contributed by atoms with Gasteiger partial charge in [0.05, 0.1) is 7.11 Å². The lowest BCUT2D eigenvalue weighted by atomic mass is 10.1. The van der Waals surface area contributed by atoms with Gasteiger partial charge in [-0.2, -0.15) is 4.98 Å². The third-order valence-corrected chi connectivity index (χ3v) is 4.93. The van der Waals surface area contributed by atoms with E-state index in [4.69, 9.17) is 14.0 Å². The molecule has 0 aliphatic rings. The Balaban J connectivity index is 1.42. The standard InChI is InChI=1S/C25H22FN3O4/c1-16(25-28-23(29-33-25)18-8-11-20(26)12-9-18)27-24(30)19-10-13-21(22(14-19)31-2)32-15-17-6-4-3-5-7-17/h3-14,16H,15H2,1-2H3,(H,27,30). The summed E-state index contributed by atoms with van der Waals surface area (Å²) in [6.07, 6.45) is 0. The SMILES string of the molecule is COc1cc(C(=O)NC(C)c2nc(-c3ccc(F)cc3)no2)ccc1OCc1ccccc1. The number of carbonyl (C=O) groups excluding carboxylic acids is 1. The van der Waals surface area contributed by atoms with E-state index in [0.717, 1.165) is 5.56 Å². The van der Waals surface area contributed by atoms with Gasteiger partial charge in [0.15, 0.2) is 11.5 Å². The van der Waals surface area contributed by atoms with Crippen LogP contribution in [0.5, 0.6) is 11.5 Å². The van der Waals surface area contributed by atoms with Gasteiger partial charge in [-0.15, -0.1) is 0 Å². The zero-order valence-electron chi connectivity index (χ0n) is 18.1. The van der Waals surface area contributed by atoms with Crippen molar-refractivity contribution >= 4 is 5.91 Å². The Morgan fingerprint density at radius 1 is 1.06 bits per heavy atom. The number of rotatable bonds is 8. The fourth-order valence-electron chi connectivity index (χ4n) is 3.13. The highest BCUT2D eigenvalue weighted by Crippen LogP contribution is 2.29. The largest absolute Gasteiger partial charge is 0.493 e. The minimum Gasteiger partial charge on any atom is -0.493 e. The highest BCUT2D eigenvalue weighted by atomic mass is 19.1. The smallest absolute Gasteiger partial charge is 0.252 e. The third kappa shape index (κ3) is 5.35. The number of halogens is 1. The van der Waals surface area contributed by atoms with Crippen LogP contribution in [-0.4, -0.2) is 23.2 Å². The van der Waals surface area contributed by atoms with Crippen LogP contribution in [-0.2, 0) is 6.61 Å². The number of ether oxygens (including phenoxy) is 2. The highest BCUT2D eigenvalue weighted by Gasteiger charge is 2.19. The van der Waals surface area contributed by atoms with Crippen LogP contribution in [0.3, 0.4) is 0 Å². The molecule has 0 saturated heterocycles. The van der Waals surface area contributed by atoms with Crippen molar-refractivity contribution in [2.75, 3.05) is 7.11 Å². The average molecular weight is 447 g/mol. The van der Waals surface area contributed by atoms with Gasteiger partial charge < -0.3 is 19.3 Å². The first-order valence-electron chi connectivity index (χ1n) is 10.3. The van der Waals surface area contributed by atoms with Crippen LogP contribution < -0.4 is 14.8 Å². The Labute approximate surface area is 190 Å². The average Bonchev–Trinajstić information content (AvgIpc) is 3.34. The lowest BCUT2D eigenvalue weighted by Crippen LogP contribution is -2.26. The van der Waals surface area contributed by atoms with Crippen LogP contribution in [0.1, 0.15) is 34.8 Å². The van der Waals surface area contributed by atoms with E-state index in [-0.39, 0.29) is 17.6 Å². The van der Waals surface area contributed by atoms with Crippen LogP contribution in [0.4, 0.5) is 4.39 Å². The molecule has 4 aromatic rings. The number of hydrogen-bond acceptors (Lipinski definition) is 6. The van der Waals surface area contributed by atoms with Crippen molar-refractivity contribution in [3.8, 4) is 22.9 Å². The van der Waals surface area contributed by atoms with Gasteiger partial charge in [-0.25, -0.2) is 4.39 Å². The maximum atomic E-state index is 13.1. The van der Waals surface area contributed by atoms with Crippen LogP contribution in [0.15, 0.2) is 77.3 Å². The Morgan fingerprint density at radius 3 is 2.55 bits per heavy atom. The third-order valence-electron chi connectivity index (χ3n) is 4.93. The Hall–Kier alpha value is -4.20.